The zero-order chi connectivity index (χ0) is 10.5. The number of primary amides is 1. The summed E-state index contributed by atoms with van der Waals surface area (Å²) in [5, 5.41) is 0. The Labute approximate surface area is 75.1 Å². The first-order valence-corrected chi connectivity index (χ1v) is 5.24. The molecule has 0 bridgehead atoms. The highest BCUT2D eigenvalue weighted by atomic mass is 32.2. The smallest absolute Gasteiger partial charge is 0.258 e. The van der Waals surface area contributed by atoms with E-state index in [0.29, 0.717) is 0 Å². The summed E-state index contributed by atoms with van der Waals surface area (Å²) in [5.41, 5.74) is 6.42. The summed E-state index contributed by atoms with van der Waals surface area (Å²) in [6.45, 7) is -0.491. The van der Waals surface area contributed by atoms with E-state index in [9.17, 15) is 18.0 Å². The van der Waals surface area contributed by atoms with Crippen molar-refractivity contribution in [2.24, 2.45) is 5.73 Å². The number of hydrogen-bond acceptors (Lipinski definition) is 5. The van der Waals surface area contributed by atoms with E-state index in [0.717, 1.165) is 6.26 Å². The third kappa shape index (κ3) is 8.76. The third-order valence-electron chi connectivity index (χ3n) is 0.794. The average Bonchev–Trinajstić information content (AvgIpc) is 1.81. The van der Waals surface area contributed by atoms with E-state index in [1.165, 1.54) is 0 Å². The first-order chi connectivity index (χ1) is 5.81. The fourth-order valence-electron chi connectivity index (χ4n) is 0.455. The Kier molecular flexibility index (Phi) is 4.35. The van der Waals surface area contributed by atoms with Gasteiger partial charge in [0.15, 0.2) is 16.4 Å². The highest BCUT2D eigenvalue weighted by Crippen LogP contribution is 1.81. The van der Waals surface area contributed by atoms with E-state index in [4.69, 9.17) is 0 Å². The molecule has 0 spiro atoms. The molecule has 0 heterocycles. The molecular formula is C5H10N2O5S. The number of amides is 2. The summed E-state index contributed by atoms with van der Waals surface area (Å²) in [6, 6.07) is 0. The van der Waals surface area contributed by atoms with E-state index >= 15 is 0 Å². The third-order valence-corrected chi connectivity index (χ3v) is 1.58. The van der Waals surface area contributed by atoms with Crippen molar-refractivity contribution in [2.75, 3.05) is 18.6 Å². The van der Waals surface area contributed by atoms with Crippen LogP contribution >= 0.6 is 0 Å². The minimum absolute atomic E-state index is 0.491. The number of nitrogens with one attached hydrogen (secondary N) is 1. The van der Waals surface area contributed by atoms with Gasteiger partial charge in [-0.3, -0.25) is 14.4 Å². The molecule has 7 nitrogen and oxygen atoms in total. The minimum Gasteiger partial charge on any atom is -0.368 e. The molecule has 0 rings (SSSR count). The number of hydrogen-bond donors (Lipinski definition) is 2. The van der Waals surface area contributed by atoms with Gasteiger partial charge in [-0.25, -0.2) is 13.9 Å². The predicted molar refractivity (Wildman–Crippen MR) is 43.0 cm³/mol. The molecule has 0 aromatic rings. The second-order valence-electron chi connectivity index (χ2n) is 2.35. The Morgan fingerprint density at radius 2 is 2.00 bits per heavy atom. The van der Waals surface area contributed by atoms with E-state index in [1.807, 2.05) is 0 Å². The number of carbonyl (C=O) groups is 2. The normalized spacial score (nSPS) is 10.8. The standard InChI is InChI=1S/C5H10N2O5S/c1-13(10,11)3-5(9)7-12-2-4(6)8/h2-3H2,1H3,(H2,6,8)(H,7,9). The molecule has 0 aliphatic heterocycles. The highest BCUT2D eigenvalue weighted by Gasteiger charge is 2.10. The molecule has 13 heavy (non-hydrogen) atoms. The van der Waals surface area contributed by atoms with Crippen LogP contribution in [0.5, 0.6) is 0 Å². The van der Waals surface area contributed by atoms with Crippen LogP contribution in [0.1, 0.15) is 0 Å². The van der Waals surface area contributed by atoms with Crippen molar-refractivity contribution in [3.63, 3.8) is 0 Å². The second kappa shape index (κ2) is 4.77. The molecule has 76 valence electrons. The van der Waals surface area contributed by atoms with Gasteiger partial charge in [-0.15, -0.1) is 0 Å². The predicted octanol–water partition coefficient (Wildman–Crippen LogP) is -2.44. The van der Waals surface area contributed by atoms with Crippen molar-refractivity contribution in [3.8, 4) is 0 Å². The van der Waals surface area contributed by atoms with Gasteiger partial charge >= 0.3 is 0 Å². The molecule has 0 saturated heterocycles. The maximum Gasteiger partial charge on any atom is 0.258 e. The van der Waals surface area contributed by atoms with Gasteiger partial charge in [0.1, 0.15) is 5.75 Å². The van der Waals surface area contributed by atoms with Crippen LogP contribution in [0.2, 0.25) is 0 Å². The van der Waals surface area contributed by atoms with Crippen molar-refractivity contribution in [1.82, 2.24) is 5.48 Å². The Morgan fingerprint density at radius 3 is 2.38 bits per heavy atom. The molecule has 0 aromatic carbocycles. The molecule has 0 unspecified atom stereocenters. The van der Waals surface area contributed by atoms with Crippen molar-refractivity contribution in [1.29, 1.82) is 0 Å². The van der Waals surface area contributed by atoms with Gasteiger partial charge in [-0.2, -0.15) is 0 Å². The molecule has 0 saturated carbocycles. The Bertz CT molecular complexity index is 296. The number of hydroxylamine groups is 1. The summed E-state index contributed by atoms with van der Waals surface area (Å²) < 4.78 is 21.1. The number of carbonyl (C=O) groups excluding carboxylic acids is 2. The average molecular weight is 210 g/mol. The van der Waals surface area contributed by atoms with Gasteiger partial charge in [0.25, 0.3) is 5.91 Å². The second-order valence-corrected chi connectivity index (χ2v) is 4.49. The monoisotopic (exact) mass is 210 g/mol. The fourth-order valence-corrected chi connectivity index (χ4v) is 0.990. The first kappa shape index (κ1) is 11.8. The molecule has 0 atom stereocenters. The lowest BCUT2D eigenvalue weighted by Crippen LogP contribution is -2.33. The lowest BCUT2D eigenvalue weighted by atomic mass is 10.7. The Hall–Kier alpha value is -1.15. The lowest BCUT2D eigenvalue weighted by Gasteiger charge is -2.02. The molecule has 0 fully saturated rings. The molecule has 0 radical (unpaired) electrons. The minimum atomic E-state index is -3.38. The topological polar surface area (TPSA) is 116 Å². The van der Waals surface area contributed by atoms with E-state index < -0.39 is 34.0 Å². The van der Waals surface area contributed by atoms with Gasteiger partial charge in [0, 0.05) is 6.26 Å². The summed E-state index contributed by atoms with van der Waals surface area (Å²) in [6.07, 6.45) is 0.903. The highest BCUT2D eigenvalue weighted by molar-refractivity contribution is 7.91. The summed E-state index contributed by atoms with van der Waals surface area (Å²) in [5.74, 6) is -2.30. The number of sulfone groups is 1. The zero-order valence-corrected chi connectivity index (χ0v) is 7.76. The molecule has 8 heteroatoms. The van der Waals surface area contributed by atoms with Crippen molar-refractivity contribution < 1.29 is 22.8 Å². The van der Waals surface area contributed by atoms with Crippen molar-refractivity contribution in [3.05, 3.63) is 0 Å². The van der Waals surface area contributed by atoms with E-state index in [-0.39, 0.29) is 0 Å². The maximum atomic E-state index is 10.7. The maximum absolute atomic E-state index is 10.7. The van der Waals surface area contributed by atoms with Crippen LogP contribution in [0.15, 0.2) is 0 Å². The van der Waals surface area contributed by atoms with Crippen LogP contribution in [-0.2, 0) is 24.3 Å². The molecule has 3 N–H and O–H groups in total. The van der Waals surface area contributed by atoms with Crippen LogP contribution in [0.3, 0.4) is 0 Å². The van der Waals surface area contributed by atoms with Gasteiger partial charge < -0.3 is 5.73 Å². The van der Waals surface area contributed by atoms with Gasteiger partial charge in [-0.1, -0.05) is 0 Å². The molecule has 0 aliphatic rings. The molecule has 0 aliphatic carbocycles. The molecule has 0 aromatic heterocycles. The molecule has 2 amide bonds. The first-order valence-electron chi connectivity index (χ1n) is 3.18. The van der Waals surface area contributed by atoms with Crippen LogP contribution in [0.4, 0.5) is 0 Å². The van der Waals surface area contributed by atoms with Crippen molar-refractivity contribution >= 4 is 21.7 Å². The summed E-state index contributed by atoms with van der Waals surface area (Å²) >= 11 is 0. The number of rotatable bonds is 5. The van der Waals surface area contributed by atoms with Crippen molar-refractivity contribution in [2.45, 2.75) is 0 Å². The van der Waals surface area contributed by atoms with Crippen LogP contribution in [-0.4, -0.2) is 38.8 Å². The fraction of sp³-hybridized carbons (Fsp3) is 0.600. The van der Waals surface area contributed by atoms with Crippen LogP contribution in [0.25, 0.3) is 0 Å². The Morgan fingerprint density at radius 1 is 1.46 bits per heavy atom. The largest absolute Gasteiger partial charge is 0.368 e. The van der Waals surface area contributed by atoms with Gasteiger partial charge in [0.05, 0.1) is 0 Å². The summed E-state index contributed by atoms with van der Waals surface area (Å²) in [4.78, 5) is 25.0. The van der Waals surface area contributed by atoms with E-state index in [2.05, 4.69) is 10.6 Å². The van der Waals surface area contributed by atoms with Gasteiger partial charge in [0.2, 0.25) is 5.91 Å². The molecular weight excluding hydrogens is 200 g/mol. The van der Waals surface area contributed by atoms with Crippen LogP contribution in [0, 0.1) is 0 Å². The zero-order valence-electron chi connectivity index (χ0n) is 6.94. The summed E-state index contributed by atoms with van der Waals surface area (Å²) in [7, 11) is -3.38. The lowest BCUT2D eigenvalue weighted by molar-refractivity contribution is -0.135. The van der Waals surface area contributed by atoms with Crippen LogP contribution < -0.4 is 11.2 Å². The van der Waals surface area contributed by atoms with Gasteiger partial charge in [-0.05, 0) is 0 Å². The SMILES string of the molecule is CS(=O)(=O)CC(=O)NOCC(N)=O. The quantitative estimate of drug-likeness (QED) is 0.489. The van der Waals surface area contributed by atoms with E-state index in [1.54, 1.807) is 5.48 Å². The number of nitrogens with two attached hydrogens (primary N) is 1. The Balaban J connectivity index is 3.71.